The Morgan fingerprint density at radius 3 is 2.73 bits per heavy atom. The zero-order valence-corrected chi connectivity index (χ0v) is 13.9. The van der Waals surface area contributed by atoms with Gasteiger partial charge in [-0.2, -0.15) is 0 Å². The van der Waals surface area contributed by atoms with Gasteiger partial charge in [0, 0.05) is 27.6 Å². The molecule has 1 aromatic carbocycles. The van der Waals surface area contributed by atoms with E-state index in [0.29, 0.717) is 6.54 Å². The van der Waals surface area contributed by atoms with E-state index in [1.165, 1.54) is 35.5 Å². The van der Waals surface area contributed by atoms with E-state index in [4.69, 9.17) is 22.3 Å². The van der Waals surface area contributed by atoms with E-state index in [0.717, 1.165) is 34.1 Å². The second-order valence-electron chi connectivity index (χ2n) is 5.75. The Balaban J connectivity index is 1.93. The van der Waals surface area contributed by atoms with Crippen LogP contribution in [0.4, 0.5) is 0 Å². The standard InChI is InChI=1S/C17H18ClN3S/c18-12-7-5-11(6-8-12)16-14(9-10-19)21-13-3-1-2-4-15(13)22-17(21)20-16/h5-8H,1-4,9-10,19H2. The summed E-state index contributed by atoms with van der Waals surface area (Å²) in [6.07, 6.45) is 5.77. The SMILES string of the molecule is NCCc1c(-c2ccc(Cl)cc2)nc2sc3c(n12)CCCC3. The van der Waals surface area contributed by atoms with Gasteiger partial charge in [-0.25, -0.2) is 4.98 Å². The molecule has 4 rings (SSSR count). The van der Waals surface area contributed by atoms with E-state index in [-0.39, 0.29) is 0 Å². The van der Waals surface area contributed by atoms with Crippen molar-refractivity contribution in [1.29, 1.82) is 0 Å². The number of nitrogens with zero attached hydrogens (tertiary/aromatic N) is 2. The molecule has 22 heavy (non-hydrogen) atoms. The van der Waals surface area contributed by atoms with Crippen LogP contribution in [-0.2, 0) is 19.3 Å². The molecule has 0 aliphatic heterocycles. The summed E-state index contributed by atoms with van der Waals surface area (Å²) in [5.74, 6) is 0. The Labute approximate surface area is 138 Å². The Hall–Kier alpha value is -1.36. The number of aromatic nitrogens is 2. The lowest BCUT2D eigenvalue weighted by atomic mass is 10.0. The van der Waals surface area contributed by atoms with Crippen molar-refractivity contribution in [2.75, 3.05) is 6.54 Å². The fraction of sp³-hybridized carbons (Fsp3) is 0.353. The molecule has 0 saturated carbocycles. The molecule has 0 fully saturated rings. The topological polar surface area (TPSA) is 43.3 Å². The molecule has 1 aliphatic rings. The molecule has 0 saturated heterocycles. The summed E-state index contributed by atoms with van der Waals surface area (Å²) >= 11 is 7.85. The maximum Gasteiger partial charge on any atom is 0.194 e. The molecule has 0 radical (unpaired) electrons. The largest absolute Gasteiger partial charge is 0.330 e. The third-order valence-electron chi connectivity index (χ3n) is 4.31. The van der Waals surface area contributed by atoms with Gasteiger partial charge in [0.25, 0.3) is 0 Å². The molecule has 114 valence electrons. The van der Waals surface area contributed by atoms with Gasteiger partial charge in [-0.1, -0.05) is 23.7 Å². The van der Waals surface area contributed by atoms with Crippen molar-refractivity contribution in [3.05, 3.63) is 45.6 Å². The first-order valence-corrected chi connectivity index (χ1v) is 8.95. The zero-order valence-electron chi connectivity index (χ0n) is 12.3. The first kappa shape index (κ1) is 14.2. The van der Waals surface area contributed by atoms with Crippen LogP contribution in [0.25, 0.3) is 16.2 Å². The predicted molar refractivity (Wildman–Crippen MR) is 92.9 cm³/mol. The van der Waals surface area contributed by atoms with Crippen LogP contribution in [-0.4, -0.2) is 15.9 Å². The van der Waals surface area contributed by atoms with E-state index >= 15 is 0 Å². The van der Waals surface area contributed by atoms with Crippen molar-refractivity contribution in [2.45, 2.75) is 32.1 Å². The molecular weight excluding hydrogens is 314 g/mol. The van der Waals surface area contributed by atoms with E-state index < -0.39 is 0 Å². The van der Waals surface area contributed by atoms with Crippen LogP contribution < -0.4 is 5.73 Å². The smallest absolute Gasteiger partial charge is 0.194 e. The third kappa shape index (κ3) is 2.26. The van der Waals surface area contributed by atoms with Gasteiger partial charge in [0.2, 0.25) is 0 Å². The number of hydrogen-bond donors (Lipinski definition) is 1. The van der Waals surface area contributed by atoms with Gasteiger partial charge in [0.05, 0.1) is 11.4 Å². The lowest BCUT2D eigenvalue weighted by Crippen LogP contribution is -2.09. The highest BCUT2D eigenvalue weighted by atomic mass is 35.5. The quantitative estimate of drug-likeness (QED) is 0.785. The second kappa shape index (κ2) is 5.69. The van der Waals surface area contributed by atoms with Crippen molar-refractivity contribution >= 4 is 27.9 Å². The van der Waals surface area contributed by atoms with E-state index in [1.54, 1.807) is 0 Å². The molecule has 0 spiro atoms. The molecule has 5 heteroatoms. The fourth-order valence-electron chi connectivity index (χ4n) is 3.30. The van der Waals surface area contributed by atoms with Crippen LogP contribution >= 0.6 is 22.9 Å². The van der Waals surface area contributed by atoms with E-state index in [9.17, 15) is 0 Å². The van der Waals surface area contributed by atoms with Gasteiger partial charge in [0.15, 0.2) is 4.96 Å². The molecule has 3 nitrogen and oxygen atoms in total. The number of imidazole rings is 1. The predicted octanol–water partition coefficient (Wildman–Crippen LogP) is 4.10. The lowest BCUT2D eigenvalue weighted by Gasteiger charge is -2.12. The monoisotopic (exact) mass is 331 g/mol. The van der Waals surface area contributed by atoms with Crippen molar-refractivity contribution in [3.8, 4) is 11.3 Å². The molecule has 0 atom stereocenters. The summed E-state index contributed by atoms with van der Waals surface area (Å²) in [6.45, 7) is 0.638. The van der Waals surface area contributed by atoms with Gasteiger partial charge in [0.1, 0.15) is 0 Å². The van der Waals surface area contributed by atoms with Gasteiger partial charge in [-0.15, -0.1) is 11.3 Å². The van der Waals surface area contributed by atoms with Crippen LogP contribution in [0.3, 0.4) is 0 Å². The summed E-state index contributed by atoms with van der Waals surface area (Å²) in [7, 11) is 0. The minimum absolute atomic E-state index is 0.638. The van der Waals surface area contributed by atoms with Crippen LogP contribution in [0.2, 0.25) is 5.02 Å². The lowest BCUT2D eigenvalue weighted by molar-refractivity contribution is 0.669. The Bertz CT molecular complexity index is 817. The number of nitrogens with two attached hydrogens (primary N) is 1. The first-order valence-electron chi connectivity index (χ1n) is 7.76. The summed E-state index contributed by atoms with van der Waals surface area (Å²) in [6, 6.07) is 7.93. The molecular formula is C17H18ClN3S. The van der Waals surface area contributed by atoms with Crippen molar-refractivity contribution in [1.82, 2.24) is 9.38 Å². The number of fused-ring (bicyclic) bond motifs is 3. The molecule has 0 amide bonds. The minimum Gasteiger partial charge on any atom is -0.330 e. The fourth-order valence-corrected chi connectivity index (χ4v) is 4.66. The molecule has 2 heterocycles. The highest BCUT2D eigenvalue weighted by Gasteiger charge is 2.22. The summed E-state index contributed by atoms with van der Waals surface area (Å²) in [5.41, 5.74) is 10.8. The van der Waals surface area contributed by atoms with Crippen molar-refractivity contribution < 1.29 is 0 Å². The Morgan fingerprint density at radius 1 is 1.18 bits per heavy atom. The maximum atomic E-state index is 6.01. The molecule has 0 unspecified atom stereocenters. The van der Waals surface area contributed by atoms with E-state index in [2.05, 4.69) is 4.40 Å². The number of thiazole rings is 1. The van der Waals surface area contributed by atoms with Crippen LogP contribution in [0.1, 0.15) is 29.1 Å². The highest BCUT2D eigenvalue weighted by molar-refractivity contribution is 7.17. The normalized spacial score (nSPS) is 14.5. The highest BCUT2D eigenvalue weighted by Crippen LogP contribution is 2.35. The molecule has 2 aromatic heterocycles. The number of rotatable bonds is 3. The second-order valence-corrected chi connectivity index (χ2v) is 7.25. The van der Waals surface area contributed by atoms with Crippen LogP contribution in [0, 0.1) is 0 Å². The summed E-state index contributed by atoms with van der Waals surface area (Å²) in [5, 5.41) is 0.752. The number of halogens is 1. The third-order valence-corrected chi connectivity index (χ3v) is 5.71. The summed E-state index contributed by atoms with van der Waals surface area (Å²) < 4.78 is 2.37. The van der Waals surface area contributed by atoms with Gasteiger partial charge < -0.3 is 5.73 Å². The average Bonchev–Trinajstić information content (AvgIpc) is 3.05. The molecule has 3 aromatic rings. The number of aryl methyl sites for hydroxylation is 2. The number of benzene rings is 1. The zero-order chi connectivity index (χ0) is 15.1. The maximum absolute atomic E-state index is 6.01. The molecule has 2 N–H and O–H groups in total. The van der Waals surface area contributed by atoms with Gasteiger partial charge in [-0.3, -0.25) is 4.40 Å². The van der Waals surface area contributed by atoms with Crippen LogP contribution in [0.5, 0.6) is 0 Å². The van der Waals surface area contributed by atoms with Crippen molar-refractivity contribution in [2.24, 2.45) is 5.73 Å². The van der Waals surface area contributed by atoms with Crippen molar-refractivity contribution in [3.63, 3.8) is 0 Å². The Kier molecular flexibility index (Phi) is 3.68. The Morgan fingerprint density at radius 2 is 1.95 bits per heavy atom. The van der Waals surface area contributed by atoms with Gasteiger partial charge in [-0.05, 0) is 44.4 Å². The number of hydrogen-bond acceptors (Lipinski definition) is 3. The first-order chi connectivity index (χ1) is 10.8. The summed E-state index contributed by atoms with van der Waals surface area (Å²) in [4.78, 5) is 7.54. The van der Waals surface area contributed by atoms with Crippen LogP contribution in [0.15, 0.2) is 24.3 Å². The van der Waals surface area contributed by atoms with E-state index in [1.807, 2.05) is 35.6 Å². The molecule has 1 aliphatic carbocycles. The molecule has 0 bridgehead atoms. The minimum atomic E-state index is 0.638. The van der Waals surface area contributed by atoms with Gasteiger partial charge >= 0.3 is 0 Å². The average molecular weight is 332 g/mol.